The van der Waals surface area contributed by atoms with Crippen molar-refractivity contribution in [3.05, 3.63) is 84.1 Å². The average Bonchev–Trinajstić information content (AvgIpc) is 2.84. The number of nitrogens with two attached hydrogens (primary N) is 1. The molecule has 1 aliphatic heterocycles. The highest BCUT2D eigenvalue weighted by Gasteiger charge is 2.21. The lowest BCUT2D eigenvalue weighted by Crippen LogP contribution is -2.47. The number of benzene rings is 2. The molecule has 6 nitrogen and oxygen atoms in total. The third kappa shape index (κ3) is 7.27. The molecule has 3 aromatic rings. The molecule has 0 bridgehead atoms. The smallest absolute Gasteiger partial charge is 0.252 e. The van der Waals surface area contributed by atoms with E-state index < -0.39 is 5.91 Å². The van der Waals surface area contributed by atoms with Crippen LogP contribution in [0.15, 0.2) is 66.9 Å². The summed E-state index contributed by atoms with van der Waals surface area (Å²) < 4.78 is 26.8. The summed E-state index contributed by atoms with van der Waals surface area (Å²) in [4.78, 5) is 22.6. The Labute approximate surface area is 216 Å². The molecule has 4 rings (SSSR count). The van der Waals surface area contributed by atoms with Gasteiger partial charge in [0.05, 0.1) is 5.56 Å². The van der Waals surface area contributed by atoms with Crippen molar-refractivity contribution in [2.24, 2.45) is 5.73 Å². The summed E-state index contributed by atoms with van der Waals surface area (Å²) in [6.07, 6.45) is 2.55. The highest BCUT2D eigenvalue weighted by atomic mass is 35.5. The zero-order chi connectivity index (χ0) is 23.2. The van der Waals surface area contributed by atoms with Gasteiger partial charge >= 0.3 is 0 Å². The first-order valence-electron chi connectivity index (χ1n) is 11.0. The van der Waals surface area contributed by atoms with Crippen LogP contribution in [-0.2, 0) is 0 Å². The first kappa shape index (κ1) is 28.3. The summed E-state index contributed by atoms with van der Waals surface area (Å²) >= 11 is 0. The molecule has 0 aliphatic carbocycles. The number of primary amides is 1. The fourth-order valence-electron chi connectivity index (χ4n) is 4.13. The fraction of sp³-hybridized carbons (Fsp3) is 0.280. The van der Waals surface area contributed by atoms with Gasteiger partial charge in [-0.1, -0.05) is 0 Å². The molecule has 0 saturated carbocycles. The van der Waals surface area contributed by atoms with Gasteiger partial charge in [0.15, 0.2) is 0 Å². The molecule has 0 atom stereocenters. The van der Waals surface area contributed by atoms with Crippen molar-refractivity contribution in [2.75, 3.05) is 49.1 Å². The van der Waals surface area contributed by atoms with Gasteiger partial charge in [-0.2, -0.15) is 0 Å². The lowest BCUT2D eigenvalue weighted by molar-refractivity contribution is 0.1000. The van der Waals surface area contributed by atoms with E-state index >= 15 is 0 Å². The minimum atomic E-state index is -0.470. The van der Waals surface area contributed by atoms with E-state index in [-0.39, 0.29) is 36.4 Å². The minimum Gasteiger partial charge on any atom is -0.365 e. The monoisotopic (exact) mass is 523 g/mol. The zero-order valence-corrected chi connectivity index (χ0v) is 20.8. The summed E-state index contributed by atoms with van der Waals surface area (Å²) in [7, 11) is 0. The number of amides is 1. The molecule has 35 heavy (non-hydrogen) atoms. The van der Waals surface area contributed by atoms with Gasteiger partial charge in [-0.3, -0.25) is 9.69 Å². The van der Waals surface area contributed by atoms with Crippen molar-refractivity contribution in [1.82, 2.24) is 9.88 Å². The van der Waals surface area contributed by atoms with Crippen LogP contribution >= 0.6 is 24.8 Å². The summed E-state index contributed by atoms with van der Waals surface area (Å²) in [5.74, 6) is -0.406. The number of nitrogens with zero attached hydrogens (tertiary/aromatic N) is 4. The van der Waals surface area contributed by atoms with Gasteiger partial charge in [0.2, 0.25) is 0 Å². The van der Waals surface area contributed by atoms with Crippen LogP contribution in [0.3, 0.4) is 0 Å². The highest BCUT2D eigenvalue weighted by Crippen LogP contribution is 2.26. The molecule has 0 unspecified atom stereocenters. The van der Waals surface area contributed by atoms with E-state index in [2.05, 4.69) is 19.7 Å². The number of rotatable bonds is 8. The molecule has 1 saturated heterocycles. The molecule has 1 aromatic heterocycles. The number of halogens is 4. The normalized spacial score (nSPS) is 13.5. The van der Waals surface area contributed by atoms with Crippen molar-refractivity contribution < 1.29 is 13.6 Å². The Hall–Kier alpha value is -2.94. The maximum Gasteiger partial charge on any atom is 0.252 e. The van der Waals surface area contributed by atoms with Gasteiger partial charge in [-0.05, 0) is 73.6 Å². The highest BCUT2D eigenvalue weighted by molar-refractivity contribution is 5.97. The Bertz CT molecular complexity index is 1030. The van der Waals surface area contributed by atoms with Crippen LogP contribution in [0.4, 0.5) is 26.0 Å². The van der Waals surface area contributed by atoms with Crippen LogP contribution in [-0.4, -0.2) is 55.1 Å². The van der Waals surface area contributed by atoms with Crippen LogP contribution in [0.5, 0.6) is 0 Å². The molecule has 188 valence electrons. The maximum atomic E-state index is 13.4. The number of hydrogen-bond donors (Lipinski definition) is 1. The SMILES string of the molecule is Cl.Cl.NC(=O)c1cccnc1N1CCN(CCCN(c2ccc(F)cc2)c2ccc(F)cc2)CC1. The molecular weight excluding hydrogens is 495 g/mol. The van der Waals surface area contributed by atoms with Gasteiger partial charge in [0, 0.05) is 50.3 Å². The Morgan fingerprint density at radius 3 is 1.94 bits per heavy atom. The predicted octanol–water partition coefficient (Wildman–Crippen LogP) is 4.65. The van der Waals surface area contributed by atoms with Crippen molar-refractivity contribution >= 4 is 47.9 Å². The molecule has 10 heteroatoms. The van der Waals surface area contributed by atoms with E-state index in [0.29, 0.717) is 17.9 Å². The molecule has 1 amide bonds. The van der Waals surface area contributed by atoms with Crippen molar-refractivity contribution in [2.45, 2.75) is 6.42 Å². The molecule has 2 N–H and O–H groups in total. The molecule has 1 fully saturated rings. The topological polar surface area (TPSA) is 65.7 Å². The van der Waals surface area contributed by atoms with Gasteiger partial charge in [-0.25, -0.2) is 13.8 Å². The summed E-state index contributed by atoms with van der Waals surface area (Å²) in [6.45, 7) is 4.82. The Balaban J connectivity index is 0.00000216. The quantitative estimate of drug-likeness (QED) is 0.465. The van der Waals surface area contributed by atoms with E-state index in [4.69, 9.17) is 5.73 Å². The average molecular weight is 524 g/mol. The molecule has 2 heterocycles. The van der Waals surface area contributed by atoms with Gasteiger partial charge in [-0.15, -0.1) is 24.8 Å². The maximum absolute atomic E-state index is 13.4. The Morgan fingerprint density at radius 1 is 0.886 bits per heavy atom. The zero-order valence-electron chi connectivity index (χ0n) is 19.1. The van der Waals surface area contributed by atoms with Crippen molar-refractivity contribution in [1.29, 1.82) is 0 Å². The number of piperazine rings is 1. The summed E-state index contributed by atoms with van der Waals surface area (Å²) in [5, 5.41) is 0. The first-order valence-corrected chi connectivity index (χ1v) is 11.0. The van der Waals surface area contributed by atoms with E-state index in [9.17, 15) is 13.6 Å². The number of carbonyl (C=O) groups excluding carboxylic acids is 1. The van der Waals surface area contributed by atoms with Crippen molar-refractivity contribution in [3.8, 4) is 0 Å². The van der Waals surface area contributed by atoms with Crippen molar-refractivity contribution in [3.63, 3.8) is 0 Å². The molecular formula is C25H29Cl2F2N5O. The molecule has 1 aliphatic rings. The number of hydrogen-bond acceptors (Lipinski definition) is 5. The minimum absolute atomic E-state index is 0. The van der Waals surface area contributed by atoms with Crippen LogP contribution in [0.2, 0.25) is 0 Å². The summed E-state index contributed by atoms with van der Waals surface area (Å²) in [6, 6.07) is 16.1. The predicted molar refractivity (Wildman–Crippen MR) is 140 cm³/mol. The molecule has 0 spiro atoms. The van der Waals surface area contributed by atoms with Crippen LogP contribution < -0.4 is 15.5 Å². The lowest BCUT2D eigenvalue weighted by Gasteiger charge is -2.36. The lowest BCUT2D eigenvalue weighted by atomic mass is 10.2. The standard InChI is InChI=1S/C25H27F2N5O.2ClH/c26-19-4-8-21(9-5-19)32(22-10-6-20(27)7-11-22)14-2-13-30-15-17-31(18-16-30)25-23(24(28)33)3-1-12-29-25;;/h1,3-12H,2,13-18H2,(H2,28,33);2*1H. The second-order valence-corrected chi connectivity index (χ2v) is 8.03. The van der Waals surface area contributed by atoms with Gasteiger partial charge < -0.3 is 15.5 Å². The van der Waals surface area contributed by atoms with E-state index in [1.54, 1.807) is 42.6 Å². The van der Waals surface area contributed by atoms with Crippen LogP contribution in [0, 0.1) is 11.6 Å². The van der Waals surface area contributed by atoms with Gasteiger partial charge in [0.1, 0.15) is 17.5 Å². The van der Waals surface area contributed by atoms with E-state index in [1.165, 1.54) is 24.3 Å². The first-order chi connectivity index (χ1) is 16.0. The third-order valence-corrected chi connectivity index (χ3v) is 5.86. The molecule has 2 aromatic carbocycles. The Morgan fingerprint density at radius 2 is 1.43 bits per heavy atom. The van der Waals surface area contributed by atoms with Crippen LogP contribution in [0.1, 0.15) is 16.8 Å². The second kappa shape index (κ2) is 13.2. The van der Waals surface area contributed by atoms with Crippen LogP contribution in [0.25, 0.3) is 0 Å². The number of pyridine rings is 1. The summed E-state index contributed by atoms with van der Waals surface area (Å²) in [5.41, 5.74) is 7.66. The fourth-order valence-corrected chi connectivity index (χ4v) is 4.13. The number of carbonyl (C=O) groups is 1. The number of anilines is 3. The van der Waals surface area contributed by atoms with Gasteiger partial charge in [0.25, 0.3) is 5.91 Å². The van der Waals surface area contributed by atoms with E-state index in [0.717, 1.165) is 50.5 Å². The number of aromatic nitrogens is 1. The second-order valence-electron chi connectivity index (χ2n) is 8.03. The van der Waals surface area contributed by atoms with E-state index in [1.807, 2.05) is 0 Å². The largest absolute Gasteiger partial charge is 0.365 e. The third-order valence-electron chi connectivity index (χ3n) is 5.86. The Kier molecular flexibility index (Phi) is 10.7. The molecule has 0 radical (unpaired) electrons.